The number of likely N-dealkylation sites (tertiary alicyclic amines) is 1. The molecule has 3 fully saturated rings. The molecule has 2 aromatic carbocycles. The number of benzene rings is 2. The molecular formula is C38H45BrClN3O7. The number of carbonyl (C=O) groups excluding carboxylic acids is 4. The Balaban J connectivity index is 1.55. The number of aliphatic hydroxyl groups is 1. The highest BCUT2D eigenvalue weighted by Gasteiger charge is 2.77. The number of hydrogen-bond donors (Lipinski definition) is 2. The Bertz CT molecular complexity index is 1600. The maximum absolute atomic E-state index is 15.0. The lowest BCUT2D eigenvalue weighted by atomic mass is 9.70. The number of nitrogens with zero attached hydrogens (tertiary/aromatic N) is 2. The Hall–Kier alpha value is -3.51. The molecule has 3 aliphatic rings. The van der Waals surface area contributed by atoms with E-state index in [0.717, 1.165) is 5.56 Å². The Kier molecular flexibility index (Phi) is 11.9. The number of para-hydroxylation sites is 1. The molecule has 12 heteroatoms. The van der Waals surface area contributed by atoms with Crippen molar-refractivity contribution in [2.45, 2.75) is 74.8 Å². The smallest absolute Gasteiger partial charge is 0.313 e. The molecule has 10 nitrogen and oxygen atoms in total. The van der Waals surface area contributed by atoms with Gasteiger partial charge in [0, 0.05) is 17.8 Å². The van der Waals surface area contributed by atoms with Gasteiger partial charge >= 0.3 is 5.97 Å². The standard InChI is InChI=1S/C38H45BrClN3O7/c1-6-8-17-29(45)41-20-28(24-14-10-9-11-15-24)49-37(48)30-31-35(46)43(27(21-44)22(3)4)34(38(31)19-25(39)33(30)50-38)36(47)42(18-7-2)32-23(5)13-12-16-26(32)40/h6-7,9-16,22,25,27-28,30-31,33-34,44H,1-2,8,17-21H2,3-5H3,(H,41,45)/t25?,27-,28-,30+,31-,33+,34+,38-/m0/s1. The van der Waals surface area contributed by atoms with Crippen LogP contribution in [0, 0.1) is 24.7 Å². The van der Waals surface area contributed by atoms with Crippen molar-refractivity contribution in [3.8, 4) is 0 Å². The van der Waals surface area contributed by atoms with E-state index in [9.17, 15) is 19.5 Å². The number of esters is 1. The summed E-state index contributed by atoms with van der Waals surface area (Å²) >= 11 is 10.4. The fourth-order valence-corrected chi connectivity index (χ4v) is 9.04. The summed E-state index contributed by atoms with van der Waals surface area (Å²) in [4.78, 5) is 59.2. The molecule has 50 heavy (non-hydrogen) atoms. The quantitative estimate of drug-likeness (QED) is 0.143. The van der Waals surface area contributed by atoms with Gasteiger partial charge in [-0.25, -0.2) is 0 Å². The van der Waals surface area contributed by atoms with Gasteiger partial charge in [-0.1, -0.05) is 96.0 Å². The molecule has 0 radical (unpaired) electrons. The number of alkyl halides is 1. The van der Waals surface area contributed by atoms with Gasteiger partial charge < -0.3 is 29.7 Å². The second-order valence-electron chi connectivity index (χ2n) is 13.5. The number of carbonyl (C=O) groups is 4. The van der Waals surface area contributed by atoms with E-state index in [1.165, 1.54) is 9.80 Å². The molecule has 3 amide bonds. The Morgan fingerprint density at radius 3 is 2.52 bits per heavy atom. The molecule has 2 bridgehead atoms. The van der Waals surface area contributed by atoms with Crippen LogP contribution in [0.3, 0.4) is 0 Å². The summed E-state index contributed by atoms with van der Waals surface area (Å²) in [6, 6.07) is 12.5. The number of aryl methyl sites for hydroxylation is 1. The van der Waals surface area contributed by atoms with E-state index in [4.69, 9.17) is 21.1 Å². The van der Waals surface area contributed by atoms with E-state index >= 15 is 4.79 Å². The summed E-state index contributed by atoms with van der Waals surface area (Å²) in [7, 11) is 0. The first-order valence-electron chi connectivity index (χ1n) is 17.0. The van der Waals surface area contributed by atoms with Crippen molar-refractivity contribution >= 4 is 56.9 Å². The van der Waals surface area contributed by atoms with E-state index < -0.39 is 66.1 Å². The molecule has 3 heterocycles. The van der Waals surface area contributed by atoms with Crippen LogP contribution in [0.2, 0.25) is 5.02 Å². The minimum atomic E-state index is -1.41. The largest absolute Gasteiger partial charge is 0.455 e. The van der Waals surface area contributed by atoms with Crippen molar-refractivity contribution in [1.82, 2.24) is 10.2 Å². The van der Waals surface area contributed by atoms with Crippen LogP contribution in [-0.2, 0) is 28.7 Å². The van der Waals surface area contributed by atoms with Crippen molar-refractivity contribution in [1.29, 1.82) is 0 Å². The van der Waals surface area contributed by atoms with Gasteiger partial charge in [-0.3, -0.25) is 19.2 Å². The first-order chi connectivity index (χ1) is 23.9. The molecule has 0 aromatic heterocycles. The van der Waals surface area contributed by atoms with Crippen LogP contribution >= 0.6 is 27.5 Å². The number of nitrogens with one attached hydrogen (secondary N) is 1. The van der Waals surface area contributed by atoms with Crippen LogP contribution in [0.4, 0.5) is 5.69 Å². The topological polar surface area (TPSA) is 125 Å². The van der Waals surface area contributed by atoms with Gasteiger partial charge in [-0.15, -0.1) is 13.2 Å². The first kappa shape index (κ1) is 37.7. The van der Waals surface area contributed by atoms with Crippen molar-refractivity contribution in [3.63, 3.8) is 0 Å². The molecule has 1 unspecified atom stereocenters. The van der Waals surface area contributed by atoms with Gasteiger partial charge in [-0.05, 0) is 42.9 Å². The third kappa shape index (κ3) is 6.89. The van der Waals surface area contributed by atoms with Crippen molar-refractivity contribution in [3.05, 3.63) is 90.0 Å². The highest BCUT2D eigenvalue weighted by Crippen LogP contribution is 2.61. The summed E-state index contributed by atoms with van der Waals surface area (Å²) in [5, 5.41) is 13.8. The van der Waals surface area contributed by atoms with Crippen molar-refractivity contribution in [2.75, 3.05) is 24.6 Å². The number of hydrogen-bond acceptors (Lipinski definition) is 7. The molecule has 268 valence electrons. The van der Waals surface area contributed by atoms with Gasteiger partial charge in [0.15, 0.2) is 0 Å². The molecular weight excluding hydrogens is 726 g/mol. The predicted octanol–water partition coefficient (Wildman–Crippen LogP) is 5.30. The van der Waals surface area contributed by atoms with Crippen LogP contribution < -0.4 is 10.2 Å². The summed E-state index contributed by atoms with van der Waals surface area (Å²) in [5.41, 5.74) is 0.493. The summed E-state index contributed by atoms with van der Waals surface area (Å²) in [6.45, 7) is 12.8. The average molecular weight is 771 g/mol. The lowest BCUT2D eigenvalue weighted by Gasteiger charge is -2.40. The number of amides is 3. The zero-order valence-electron chi connectivity index (χ0n) is 28.6. The molecule has 2 aromatic rings. The minimum absolute atomic E-state index is 0.0202. The minimum Gasteiger partial charge on any atom is -0.455 e. The predicted molar refractivity (Wildman–Crippen MR) is 195 cm³/mol. The second-order valence-corrected chi connectivity index (χ2v) is 15.1. The fourth-order valence-electron chi connectivity index (χ4n) is 7.77. The van der Waals surface area contributed by atoms with E-state index in [1.54, 1.807) is 36.4 Å². The zero-order chi connectivity index (χ0) is 36.3. The second kappa shape index (κ2) is 15.8. The summed E-state index contributed by atoms with van der Waals surface area (Å²) in [5.74, 6) is -4.15. The van der Waals surface area contributed by atoms with E-state index in [2.05, 4.69) is 34.4 Å². The van der Waals surface area contributed by atoms with Crippen LogP contribution in [0.1, 0.15) is 50.3 Å². The highest BCUT2D eigenvalue weighted by atomic mass is 79.9. The zero-order valence-corrected chi connectivity index (χ0v) is 30.9. The number of fused-ring (bicyclic) bond motifs is 1. The van der Waals surface area contributed by atoms with E-state index in [1.807, 2.05) is 45.0 Å². The lowest BCUT2D eigenvalue weighted by Crippen LogP contribution is -2.60. The first-order valence-corrected chi connectivity index (χ1v) is 18.3. The van der Waals surface area contributed by atoms with Gasteiger partial charge in [-0.2, -0.15) is 0 Å². The number of aliphatic hydroxyl groups excluding tert-OH is 1. The maximum Gasteiger partial charge on any atom is 0.313 e. The summed E-state index contributed by atoms with van der Waals surface area (Å²) < 4.78 is 12.9. The van der Waals surface area contributed by atoms with Crippen molar-refractivity contribution in [2.24, 2.45) is 17.8 Å². The molecule has 8 atom stereocenters. The van der Waals surface area contributed by atoms with Crippen LogP contribution in [-0.4, -0.2) is 82.0 Å². The Morgan fingerprint density at radius 1 is 1.18 bits per heavy atom. The monoisotopic (exact) mass is 769 g/mol. The van der Waals surface area contributed by atoms with Crippen LogP contribution in [0.5, 0.6) is 0 Å². The molecule has 2 N–H and O–H groups in total. The third-order valence-corrected chi connectivity index (χ3v) is 11.2. The molecule has 1 spiro atoms. The van der Waals surface area contributed by atoms with Gasteiger partial charge in [0.05, 0.1) is 47.8 Å². The fraction of sp³-hybridized carbons (Fsp3) is 0.474. The molecule has 3 aliphatic heterocycles. The number of anilines is 1. The third-order valence-electron chi connectivity index (χ3n) is 10.1. The van der Waals surface area contributed by atoms with Gasteiger partial charge in [0.2, 0.25) is 11.8 Å². The van der Waals surface area contributed by atoms with Gasteiger partial charge in [0.25, 0.3) is 5.91 Å². The Labute approximate surface area is 306 Å². The Morgan fingerprint density at radius 2 is 1.90 bits per heavy atom. The van der Waals surface area contributed by atoms with E-state index in [0.29, 0.717) is 22.7 Å². The van der Waals surface area contributed by atoms with Gasteiger partial charge in [0.1, 0.15) is 17.7 Å². The molecule has 0 aliphatic carbocycles. The SMILES string of the molecule is C=CCCC(=O)NC[C@H](OC(=O)[C@H]1[C@@H]2O[C@@]3(CC2Br)[C@@H]1C(=O)N([C@@H](CO)C(C)C)[C@@H]3C(=O)N(CC=C)c1c(C)cccc1Cl)c1ccccc1. The maximum atomic E-state index is 15.0. The molecule has 0 saturated carbocycles. The van der Waals surface area contributed by atoms with Crippen LogP contribution in [0.25, 0.3) is 0 Å². The summed E-state index contributed by atoms with van der Waals surface area (Å²) in [6.07, 6.45) is 2.64. The molecule has 5 rings (SSSR count). The number of rotatable bonds is 15. The van der Waals surface area contributed by atoms with E-state index in [-0.39, 0.29) is 42.6 Å². The van der Waals surface area contributed by atoms with Crippen molar-refractivity contribution < 1.29 is 33.8 Å². The molecule has 3 saturated heterocycles. The van der Waals surface area contributed by atoms with Crippen LogP contribution in [0.15, 0.2) is 73.8 Å². The lowest BCUT2D eigenvalue weighted by molar-refractivity contribution is -0.161. The normalized spacial score (nSPS) is 26.3. The number of ether oxygens (including phenoxy) is 2. The number of allylic oxidation sites excluding steroid dienone is 1. The average Bonchev–Trinajstić information content (AvgIpc) is 3.68. The number of halogens is 2. The highest BCUT2D eigenvalue weighted by molar-refractivity contribution is 9.09.